The standard InChI is InChI=1S/C7H8O6/c1-3-5(13-7(9)11-3)4-2-10-6(8)12-4/h3-5H,2H2,1H3. The van der Waals surface area contributed by atoms with Crippen LogP contribution in [0.25, 0.3) is 0 Å². The van der Waals surface area contributed by atoms with Crippen LogP contribution in [0.2, 0.25) is 0 Å². The molecule has 0 spiro atoms. The lowest BCUT2D eigenvalue weighted by Gasteiger charge is -2.14. The summed E-state index contributed by atoms with van der Waals surface area (Å²) in [5, 5.41) is 0. The third kappa shape index (κ3) is 1.39. The van der Waals surface area contributed by atoms with E-state index < -0.39 is 30.6 Å². The van der Waals surface area contributed by atoms with Gasteiger partial charge in [0.2, 0.25) is 0 Å². The fraction of sp³-hybridized carbons (Fsp3) is 0.714. The van der Waals surface area contributed by atoms with Crippen molar-refractivity contribution in [3.05, 3.63) is 0 Å². The molecule has 0 aromatic rings. The number of hydrogen-bond donors (Lipinski definition) is 0. The highest BCUT2D eigenvalue weighted by atomic mass is 16.8. The molecule has 0 saturated carbocycles. The van der Waals surface area contributed by atoms with Gasteiger partial charge in [-0.3, -0.25) is 0 Å². The van der Waals surface area contributed by atoms with Gasteiger partial charge in [-0.2, -0.15) is 0 Å². The van der Waals surface area contributed by atoms with E-state index in [1.807, 2.05) is 0 Å². The van der Waals surface area contributed by atoms with Crippen molar-refractivity contribution >= 4 is 12.3 Å². The average molecular weight is 188 g/mol. The minimum Gasteiger partial charge on any atom is -0.430 e. The van der Waals surface area contributed by atoms with E-state index in [9.17, 15) is 9.59 Å². The Morgan fingerprint density at radius 1 is 1.15 bits per heavy atom. The minimum absolute atomic E-state index is 0.102. The van der Waals surface area contributed by atoms with Crippen molar-refractivity contribution in [3.8, 4) is 0 Å². The van der Waals surface area contributed by atoms with E-state index in [4.69, 9.17) is 14.2 Å². The van der Waals surface area contributed by atoms with Crippen LogP contribution >= 0.6 is 0 Å². The summed E-state index contributed by atoms with van der Waals surface area (Å²) >= 11 is 0. The lowest BCUT2D eigenvalue weighted by molar-refractivity contribution is 0.0301. The molecule has 0 bridgehead atoms. The van der Waals surface area contributed by atoms with Crippen molar-refractivity contribution in [2.75, 3.05) is 6.61 Å². The zero-order valence-electron chi connectivity index (χ0n) is 6.89. The van der Waals surface area contributed by atoms with Gasteiger partial charge in [0.15, 0.2) is 12.2 Å². The zero-order chi connectivity index (χ0) is 9.42. The molecule has 0 aliphatic carbocycles. The van der Waals surface area contributed by atoms with Gasteiger partial charge in [0, 0.05) is 0 Å². The number of cyclic esters (lactones) is 4. The number of carbonyl (C=O) groups excluding carboxylic acids is 2. The number of hydrogen-bond acceptors (Lipinski definition) is 6. The van der Waals surface area contributed by atoms with Crippen LogP contribution in [0.5, 0.6) is 0 Å². The molecule has 2 aliphatic rings. The summed E-state index contributed by atoms with van der Waals surface area (Å²) in [4.78, 5) is 21.2. The van der Waals surface area contributed by atoms with Gasteiger partial charge in [-0.1, -0.05) is 0 Å². The van der Waals surface area contributed by atoms with Crippen molar-refractivity contribution in [1.29, 1.82) is 0 Å². The van der Waals surface area contributed by atoms with Gasteiger partial charge in [-0.25, -0.2) is 9.59 Å². The van der Waals surface area contributed by atoms with E-state index >= 15 is 0 Å². The highest BCUT2D eigenvalue weighted by Crippen LogP contribution is 2.23. The monoisotopic (exact) mass is 188 g/mol. The van der Waals surface area contributed by atoms with Crippen LogP contribution in [0.4, 0.5) is 9.59 Å². The molecule has 2 heterocycles. The minimum atomic E-state index is -0.736. The van der Waals surface area contributed by atoms with Crippen molar-refractivity contribution in [2.45, 2.75) is 25.2 Å². The first-order valence-corrected chi connectivity index (χ1v) is 3.87. The first-order chi connectivity index (χ1) is 6.16. The maximum Gasteiger partial charge on any atom is 0.509 e. The van der Waals surface area contributed by atoms with Gasteiger partial charge < -0.3 is 18.9 Å². The number of carbonyl (C=O) groups is 2. The molecule has 72 valence electrons. The van der Waals surface area contributed by atoms with E-state index in [1.165, 1.54) is 0 Å². The van der Waals surface area contributed by atoms with Crippen LogP contribution in [0.1, 0.15) is 6.92 Å². The van der Waals surface area contributed by atoms with Gasteiger partial charge in [0.05, 0.1) is 0 Å². The van der Waals surface area contributed by atoms with E-state index in [0.717, 1.165) is 0 Å². The number of rotatable bonds is 1. The first kappa shape index (κ1) is 8.15. The van der Waals surface area contributed by atoms with E-state index in [-0.39, 0.29) is 6.61 Å². The summed E-state index contributed by atoms with van der Waals surface area (Å²) in [6.45, 7) is 1.77. The van der Waals surface area contributed by atoms with Crippen LogP contribution in [-0.4, -0.2) is 37.2 Å². The Kier molecular flexibility index (Phi) is 1.75. The van der Waals surface area contributed by atoms with Crippen LogP contribution in [0, 0.1) is 0 Å². The fourth-order valence-corrected chi connectivity index (χ4v) is 1.34. The molecule has 6 nitrogen and oxygen atoms in total. The Bertz CT molecular complexity index is 249. The van der Waals surface area contributed by atoms with Crippen molar-refractivity contribution in [1.82, 2.24) is 0 Å². The Labute approximate surface area is 73.7 Å². The quantitative estimate of drug-likeness (QED) is 0.556. The molecule has 2 fully saturated rings. The second-order valence-electron chi connectivity index (χ2n) is 2.87. The summed E-state index contributed by atoms with van der Waals surface area (Å²) < 4.78 is 18.8. The zero-order valence-corrected chi connectivity index (χ0v) is 6.89. The van der Waals surface area contributed by atoms with Gasteiger partial charge in [-0.15, -0.1) is 0 Å². The molecule has 6 heteroatoms. The molecule has 2 aliphatic heterocycles. The third-order valence-electron chi connectivity index (χ3n) is 1.96. The fourth-order valence-electron chi connectivity index (χ4n) is 1.34. The molecule has 2 rings (SSSR count). The largest absolute Gasteiger partial charge is 0.509 e. The molecule has 13 heavy (non-hydrogen) atoms. The molecular weight excluding hydrogens is 180 g/mol. The lowest BCUT2D eigenvalue weighted by atomic mass is 10.1. The van der Waals surface area contributed by atoms with Crippen LogP contribution in [-0.2, 0) is 18.9 Å². The summed E-state index contributed by atoms with van der Waals surface area (Å²) in [5.74, 6) is 0. The molecule has 0 radical (unpaired) electrons. The predicted molar refractivity (Wildman–Crippen MR) is 37.0 cm³/mol. The third-order valence-corrected chi connectivity index (χ3v) is 1.96. The molecule has 3 atom stereocenters. The molecule has 0 aromatic carbocycles. The summed E-state index contributed by atoms with van der Waals surface area (Å²) in [7, 11) is 0. The van der Waals surface area contributed by atoms with Crippen molar-refractivity contribution < 1.29 is 28.5 Å². The van der Waals surface area contributed by atoms with Crippen LogP contribution in [0.3, 0.4) is 0 Å². The summed E-state index contributed by atoms with van der Waals surface area (Å²) in [6, 6.07) is 0. The van der Waals surface area contributed by atoms with Crippen molar-refractivity contribution in [2.24, 2.45) is 0 Å². The molecule has 0 N–H and O–H groups in total. The van der Waals surface area contributed by atoms with Crippen LogP contribution in [0.15, 0.2) is 0 Å². The maximum atomic E-state index is 10.7. The molecule has 3 unspecified atom stereocenters. The topological polar surface area (TPSA) is 71.1 Å². The average Bonchev–Trinajstić information content (AvgIpc) is 2.58. The Balaban J connectivity index is 2.01. The van der Waals surface area contributed by atoms with Crippen molar-refractivity contribution in [3.63, 3.8) is 0 Å². The van der Waals surface area contributed by atoms with E-state index in [2.05, 4.69) is 4.74 Å². The van der Waals surface area contributed by atoms with E-state index in [1.54, 1.807) is 6.92 Å². The normalized spacial score (nSPS) is 37.8. The Hall–Kier alpha value is -1.46. The van der Waals surface area contributed by atoms with Gasteiger partial charge in [0.25, 0.3) is 0 Å². The number of ether oxygens (including phenoxy) is 4. The van der Waals surface area contributed by atoms with Crippen LogP contribution < -0.4 is 0 Å². The lowest BCUT2D eigenvalue weighted by Crippen LogP contribution is -2.35. The Morgan fingerprint density at radius 2 is 1.92 bits per heavy atom. The highest BCUT2D eigenvalue weighted by Gasteiger charge is 2.44. The first-order valence-electron chi connectivity index (χ1n) is 3.87. The summed E-state index contributed by atoms with van der Waals surface area (Å²) in [6.07, 6.45) is -2.99. The molecule has 0 amide bonds. The SMILES string of the molecule is CC1OC(=O)OC1C1COC(=O)O1. The smallest absolute Gasteiger partial charge is 0.430 e. The second-order valence-corrected chi connectivity index (χ2v) is 2.87. The van der Waals surface area contributed by atoms with Gasteiger partial charge in [0.1, 0.15) is 12.7 Å². The van der Waals surface area contributed by atoms with Gasteiger partial charge in [-0.05, 0) is 6.92 Å². The van der Waals surface area contributed by atoms with Gasteiger partial charge >= 0.3 is 12.3 Å². The highest BCUT2D eigenvalue weighted by molar-refractivity contribution is 5.64. The van der Waals surface area contributed by atoms with E-state index in [0.29, 0.717) is 0 Å². The second kappa shape index (κ2) is 2.79. The molecule has 0 aromatic heterocycles. The maximum absolute atomic E-state index is 10.7. The molecular formula is C7H8O6. The molecule has 2 saturated heterocycles. The predicted octanol–water partition coefficient (Wildman–Crippen LogP) is 0.446. The Morgan fingerprint density at radius 3 is 2.38 bits per heavy atom. The summed E-state index contributed by atoms with van der Waals surface area (Å²) in [5.41, 5.74) is 0.